The number of carbonyl (C=O) groups is 2. The molecule has 204 valence electrons. The Morgan fingerprint density at radius 2 is 1.74 bits per heavy atom. The summed E-state index contributed by atoms with van der Waals surface area (Å²) in [6.45, 7) is 2.21. The number of benzene rings is 3. The number of rotatable bonds is 12. The number of amides is 2. The molecule has 10 nitrogen and oxygen atoms in total. The van der Waals surface area contributed by atoms with E-state index >= 15 is 0 Å². The molecule has 0 aliphatic carbocycles. The van der Waals surface area contributed by atoms with Crippen LogP contribution in [-0.4, -0.2) is 49.7 Å². The molecule has 0 saturated heterocycles. The van der Waals surface area contributed by atoms with Gasteiger partial charge in [0.05, 0.1) is 13.2 Å². The fraction of sp³-hybridized carbons (Fsp3) is 0.241. The molecule has 1 heterocycles. The van der Waals surface area contributed by atoms with Gasteiger partial charge >= 0.3 is 0 Å². The van der Waals surface area contributed by atoms with Crippen molar-refractivity contribution in [2.75, 3.05) is 26.6 Å². The highest BCUT2D eigenvalue weighted by atomic mass is 16.7. The maximum Gasteiger partial charge on any atom is 0.267 e. The zero-order valence-electron chi connectivity index (χ0n) is 21.5. The molecule has 3 aromatic rings. The van der Waals surface area contributed by atoms with E-state index in [2.05, 4.69) is 10.6 Å². The first kappa shape index (κ1) is 27.5. The summed E-state index contributed by atoms with van der Waals surface area (Å²) < 4.78 is 22.0. The van der Waals surface area contributed by atoms with E-state index in [1.807, 2.05) is 18.2 Å². The number of hydrogen-bond donors (Lipinski definition) is 4. The number of hydrogen-bond acceptors (Lipinski definition) is 8. The van der Waals surface area contributed by atoms with Gasteiger partial charge in [-0.2, -0.15) is 0 Å². The Morgan fingerprint density at radius 3 is 2.46 bits per heavy atom. The maximum absolute atomic E-state index is 12.9. The number of ether oxygens (including phenoxy) is 4. The molecule has 5 N–H and O–H groups in total. The third-order valence-corrected chi connectivity index (χ3v) is 5.62. The average Bonchev–Trinajstić information content (AvgIpc) is 3.40. The summed E-state index contributed by atoms with van der Waals surface area (Å²) in [5, 5.41) is 14.3. The lowest BCUT2D eigenvalue weighted by molar-refractivity contribution is -0.117. The lowest BCUT2D eigenvalue weighted by Crippen LogP contribution is -2.36. The van der Waals surface area contributed by atoms with Crippen LogP contribution in [-0.2, 0) is 11.2 Å². The molecule has 0 radical (unpaired) electrons. The SMILES string of the molecule is CC(N)Oc1ccc(/C=C(\NC(=O)c2ccc(OCCc3ccc4c(c3)OCO4)cc2)C(=O)NCCO)cc1. The monoisotopic (exact) mass is 533 g/mol. The molecule has 1 unspecified atom stereocenters. The Balaban J connectivity index is 1.36. The predicted molar refractivity (Wildman–Crippen MR) is 144 cm³/mol. The van der Waals surface area contributed by atoms with Crippen molar-refractivity contribution in [1.29, 1.82) is 0 Å². The topological polar surface area (TPSA) is 141 Å². The Kier molecular flexibility index (Phi) is 9.39. The standard InChI is InChI=1S/C29H31N3O7/c1-19(30)39-24-7-2-20(3-8-24)16-25(29(35)31-13-14-33)32-28(34)22-5-9-23(10-6-22)36-15-12-21-4-11-26-27(17-21)38-18-37-26/h2-11,16-17,19,33H,12-15,18,30H2,1H3,(H,31,35)(H,32,34)/b25-16-. The van der Waals surface area contributed by atoms with E-state index in [1.165, 1.54) is 6.08 Å². The minimum atomic E-state index is -0.531. The van der Waals surface area contributed by atoms with Crippen molar-refractivity contribution in [3.63, 3.8) is 0 Å². The van der Waals surface area contributed by atoms with Gasteiger partial charge in [-0.25, -0.2) is 0 Å². The first-order chi connectivity index (χ1) is 18.9. The first-order valence-corrected chi connectivity index (χ1v) is 12.5. The number of aliphatic hydroxyl groups is 1. The van der Waals surface area contributed by atoms with Crippen LogP contribution in [0, 0.1) is 0 Å². The molecule has 39 heavy (non-hydrogen) atoms. The van der Waals surface area contributed by atoms with Crippen molar-refractivity contribution in [2.45, 2.75) is 19.6 Å². The van der Waals surface area contributed by atoms with Crippen LogP contribution in [0.5, 0.6) is 23.0 Å². The normalized spacial score (nSPS) is 12.9. The lowest BCUT2D eigenvalue weighted by atomic mass is 10.1. The highest BCUT2D eigenvalue weighted by Gasteiger charge is 2.15. The van der Waals surface area contributed by atoms with Crippen LogP contribution >= 0.6 is 0 Å². The molecular formula is C29H31N3O7. The summed E-state index contributed by atoms with van der Waals surface area (Å²) in [6, 6.07) is 19.3. The van der Waals surface area contributed by atoms with Gasteiger partial charge in [-0.15, -0.1) is 0 Å². The minimum Gasteiger partial charge on any atom is -0.493 e. The fourth-order valence-corrected chi connectivity index (χ4v) is 3.73. The largest absolute Gasteiger partial charge is 0.493 e. The van der Waals surface area contributed by atoms with Crippen LogP contribution in [0.3, 0.4) is 0 Å². The molecule has 0 bridgehead atoms. The Labute approximate surface area is 226 Å². The second kappa shape index (κ2) is 13.3. The molecule has 1 aliphatic rings. The molecule has 0 saturated carbocycles. The van der Waals surface area contributed by atoms with Gasteiger partial charge in [-0.3, -0.25) is 15.3 Å². The maximum atomic E-state index is 12.9. The molecule has 1 atom stereocenters. The van der Waals surface area contributed by atoms with Gasteiger partial charge < -0.3 is 34.7 Å². The van der Waals surface area contributed by atoms with Crippen molar-refractivity contribution < 1.29 is 33.6 Å². The number of nitrogens with two attached hydrogens (primary N) is 1. The summed E-state index contributed by atoms with van der Waals surface area (Å²) in [4.78, 5) is 25.6. The van der Waals surface area contributed by atoms with Gasteiger partial charge in [0.15, 0.2) is 11.5 Å². The summed E-state index contributed by atoms with van der Waals surface area (Å²) in [5.41, 5.74) is 7.74. The average molecular weight is 534 g/mol. The molecule has 0 spiro atoms. The Morgan fingerprint density at radius 1 is 1.03 bits per heavy atom. The Bertz CT molecular complexity index is 1310. The van der Waals surface area contributed by atoms with Gasteiger partial charge in [0.2, 0.25) is 6.79 Å². The van der Waals surface area contributed by atoms with Gasteiger partial charge in [-0.05, 0) is 72.7 Å². The number of fused-ring (bicyclic) bond motifs is 1. The van der Waals surface area contributed by atoms with E-state index < -0.39 is 18.0 Å². The second-order valence-corrected chi connectivity index (χ2v) is 8.69. The van der Waals surface area contributed by atoms with Crippen LogP contribution in [0.4, 0.5) is 0 Å². The zero-order chi connectivity index (χ0) is 27.6. The van der Waals surface area contributed by atoms with E-state index in [0.29, 0.717) is 35.7 Å². The first-order valence-electron chi connectivity index (χ1n) is 12.5. The molecule has 4 rings (SSSR count). The van der Waals surface area contributed by atoms with E-state index in [9.17, 15) is 9.59 Å². The smallest absolute Gasteiger partial charge is 0.267 e. The molecule has 10 heteroatoms. The number of carbonyl (C=O) groups excluding carboxylic acids is 2. The predicted octanol–water partition coefficient (Wildman–Crippen LogP) is 2.60. The quantitative estimate of drug-likeness (QED) is 0.206. The Hall–Kier alpha value is -4.54. The summed E-state index contributed by atoms with van der Waals surface area (Å²) in [6.07, 6.45) is 1.75. The van der Waals surface area contributed by atoms with Crippen LogP contribution in [0.15, 0.2) is 72.4 Å². The highest BCUT2D eigenvalue weighted by Crippen LogP contribution is 2.32. The van der Waals surface area contributed by atoms with Gasteiger partial charge in [0, 0.05) is 18.5 Å². The molecule has 1 aliphatic heterocycles. The minimum absolute atomic E-state index is 0.0263. The molecule has 3 aromatic carbocycles. The highest BCUT2D eigenvalue weighted by molar-refractivity contribution is 6.05. The van der Waals surface area contributed by atoms with Crippen LogP contribution < -0.4 is 35.3 Å². The van der Waals surface area contributed by atoms with Crippen molar-refractivity contribution in [3.05, 3.63) is 89.1 Å². The summed E-state index contributed by atoms with van der Waals surface area (Å²) in [7, 11) is 0. The number of nitrogens with one attached hydrogen (secondary N) is 2. The third kappa shape index (κ3) is 7.97. The molecule has 0 fully saturated rings. The third-order valence-electron chi connectivity index (χ3n) is 5.62. The van der Waals surface area contributed by atoms with E-state index in [1.54, 1.807) is 55.5 Å². The molecular weight excluding hydrogens is 502 g/mol. The summed E-state index contributed by atoms with van der Waals surface area (Å²) in [5.74, 6) is 1.66. The van der Waals surface area contributed by atoms with Gasteiger partial charge in [-0.1, -0.05) is 18.2 Å². The second-order valence-electron chi connectivity index (χ2n) is 8.69. The fourth-order valence-electron chi connectivity index (χ4n) is 3.73. The lowest BCUT2D eigenvalue weighted by Gasteiger charge is -2.12. The van der Waals surface area contributed by atoms with Crippen LogP contribution in [0.25, 0.3) is 6.08 Å². The van der Waals surface area contributed by atoms with E-state index in [-0.39, 0.29) is 25.6 Å². The van der Waals surface area contributed by atoms with E-state index in [4.69, 9.17) is 29.8 Å². The molecule has 2 amide bonds. The van der Waals surface area contributed by atoms with Crippen molar-refractivity contribution in [1.82, 2.24) is 10.6 Å². The van der Waals surface area contributed by atoms with Gasteiger partial charge in [0.1, 0.15) is 23.4 Å². The van der Waals surface area contributed by atoms with E-state index in [0.717, 1.165) is 17.1 Å². The van der Waals surface area contributed by atoms with Gasteiger partial charge in [0.25, 0.3) is 11.8 Å². The van der Waals surface area contributed by atoms with Crippen molar-refractivity contribution in [3.8, 4) is 23.0 Å². The van der Waals surface area contributed by atoms with Crippen LogP contribution in [0.2, 0.25) is 0 Å². The number of aliphatic hydroxyl groups excluding tert-OH is 1. The summed E-state index contributed by atoms with van der Waals surface area (Å²) >= 11 is 0. The zero-order valence-corrected chi connectivity index (χ0v) is 21.5. The van der Waals surface area contributed by atoms with Crippen LogP contribution in [0.1, 0.15) is 28.4 Å². The molecule has 0 aromatic heterocycles. The van der Waals surface area contributed by atoms with Crippen molar-refractivity contribution >= 4 is 17.9 Å². The van der Waals surface area contributed by atoms with Crippen molar-refractivity contribution in [2.24, 2.45) is 5.73 Å².